The first kappa shape index (κ1) is 18.7. The molecule has 3 rings (SSSR count). The van der Waals surface area contributed by atoms with Crippen molar-refractivity contribution in [1.82, 2.24) is 0 Å². The average Bonchev–Trinajstić information content (AvgIpc) is 2.67. The van der Waals surface area contributed by atoms with Crippen molar-refractivity contribution >= 4 is 0 Å². The largest absolute Gasteiger partial charge is 0.508 e. The van der Waals surface area contributed by atoms with Crippen LogP contribution in [0.2, 0.25) is 0 Å². The third-order valence-corrected chi connectivity index (χ3v) is 5.78. The van der Waals surface area contributed by atoms with Gasteiger partial charge in [-0.05, 0) is 48.2 Å². The monoisotopic (exact) mass is 355 g/mol. The van der Waals surface area contributed by atoms with Gasteiger partial charge in [-0.3, -0.25) is 0 Å². The lowest BCUT2D eigenvalue weighted by atomic mass is 9.63. The predicted molar refractivity (Wildman–Crippen MR) is 104 cm³/mol. The van der Waals surface area contributed by atoms with E-state index in [9.17, 15) is 5.11 Å². The van der Waals surface area contributed by atoms with Crippen LogP contribution in [0.25, 0.3) is 0 Å². The minimum atomic E-state index is -0.169. The Morgan fingerprint density at radius 1 is 1.08 bits per heavy atom. The van der Waals surface area contributed by atoms with Crippen molar-refractivity contribution in [3.63, 3.8) is 0 Å². The minimum Gasteiger partial charge on any atom is -0.508 e. The number of hydrogen-bond acceptors (Lipinski definition) is 4. The molecule has 0 aromatic heterocycles. The highest BCUT2D eigenvalue weighted by atomic mass is 16.5. The zero-order valence-electron chi connectivity index (χ0n) is 15.7. The molecule has 1 aliphatic carbocycles. The Kier molecular flexibility index (Phi) is 5.84. The first-order valence-electron chi connectivity index (χ1n) is 9.48. The maximum Gasteiger partial charge on any atom is 0.119 e. The molecule has 0 saturated carbocycles. The lowest BCUT2D eigenvalue weighted by Crippen LogP contribution is -2.57. The van der Waals surface area contributed by atoms with Gasteiger partial charge in [-0.2, -0.15) is 0 Å². The summed E-state index contributed by atoms with van der Waals surface area (Å²) in [5.41, 5.74) is 8.92. The number of hydrogen-bond donors (Lipinski definition) is 2. The van der Waals surface area contributed by atoms with Crippen LogP contribution in [0, 0.1) is 0 Å². The number of nitrogens with two attached hydrogens (primary N) is 1. The number of phenols is 1. The number of fused-ring (bicyclic) bond motifs is 1. The van der Waals surface area contributed by atoms with Gasteiger partial charge in [0, 0.05) is 17.9 Å². The van der Waals surface area contributed by atoms with Crippen molar-refractivity contribution in [1.29, 1.82) is 0 Å². The highest BCUT2D eigenvalue weighted by Crippen LogP contribution is 2.43. The standard InChI is InChI=1S/C22H29NO3/c1-3-22(4-2)19-15-17(24)11-10-16(19)14-20(21(22)23)26-13-12-25-18-8-6-5-7-9-18/h5-11,15,20-21,24H,3-4,12-14,23H2,1-2H3/t20-,21+/m1/s1. The highest BCUT2D eigenvalue weighted by molar-refractivity contribution is 5.44. The van der Waals surface area contributed by atoms with Crippen molar-refractivity contribution in [2.24, 2.45) is 5.73 Å². The molecule has 0 saturated heterocycles. The van der Waals surface area contributed by atoms with Crippen LogP contribution in [0.1, 0.15) is 37.8 Å². The van der Waals surface area contributed by atoms with Gasteiger partial charge < -0.3 is 20.3 Å². The van der Waals surface area contributed by atoms with E-state index in [4.69, 9.17) is 15.2 Å². The predicted octanol–water partition coefficient (Wildman–Crippen LogP) is 3.80. The first-order valence-corrected chi connectivity index (χ1v) is 9.48. The van der Waals surface area contributed by atoms with Gasteiger partial charge in [-0.1, -0.05) is 38.1 Å². The topological polar surface area (TPSA) is 64.7 Å². The fourth-order valence-corrected chi connectivity index (χ4v) is 4.23. The van der Waals surface area contributed by atoms with E-state index in [0.717, 1.165) is 25.0 Å². The second kappa shape index (κ2) is 8.11. The number of benzene rings is 2. The summed E-state index contributed by atoms with van der Waals surface area (Å²) in [6, 6.07) is 15.3. The van der Waals surface area contributed by atoms with E-state index in [1.54, 1.807) is 6.07 Å². The van der Waals surface area contributed by atoms with Crippen LogP contribution in [0.15, 0.2) is 48.5 Å². The van der Waals surface area contributed by atoms with Crippen LogP contribution >= 0.6 is 0 Å². The summed E-state index contributed by atoms with van der Waals surface area (Å²) in [6.07, 6.45) is 2.55. The molecule has 0 radical (unpaired) electrons. The molecule has 3 N–H and O–H groups in total. The van der Waals surface area contributed by atoms with Crippen LogP contribution in [0.3, 0.4) is 0 Å². The van der Waals surface area contributed by atoms with Gasteiger partial charge in [-0.15, -0.1) is 0 Å². The lowest BCUT2D eigenvalue weighted by Gasteiger charge is -2.47. The van der Waals surface area contributed by atoms with Crippen molar-refractivity contribution in [3.8, 4) is 11.5 Å². The van der Waals surface area contributed by atoms with E-state index in [2.05, 4.69) is 13.8 Å². The summed E-state index contributed by atoms with van der Waals surface area (Å²) >= 11 is 0. The Balaban J connectivity index is 1.70. The van der Waals surface area contributed by atoms with Gasteiger partial charge >= 0.3 is 0 Å². The highest BCUT2D eigenvalue weighted by Gasteiger charge is 2.45. The summed E-state index contributed by atoms with van der Waals surface area (Å²) in [4.78, 5) is 0. The van der Waals surface area contributed by atoms with Crippen LogP contribution in [-0.4, -0.2) is 30.5 Å². The van der Waals surface area contributed by atoms with E-state index in [0.29, 0.717) is 19.0 Å². The number of para-hydroxylation sites is 1. The molecule has 2 aromatic rings. The van der Waals surface area contributed by atoms with Crippen LogP contribution in [0.5, 0.6) is 11.5 Å². The molecule has 0 fully saturated rings. The minimum absolute atomic E-state index is 0.0497. The van der Waals surface area contributed by atoms with Gasteiger partial charge in [0.1, 0.15) is 18.1 Å². The summed E-state index contributed by atoms with van der Waals surface area (Å²) < 4.78 is 11.9. The third kappa shape index (κ3) is 3.57. The molecule has 26 heavy (non-hydrogen) atoms. The number of ether oxygens (including phenoxy) is 2. The molecule has 0 unspecified atom stereocenters. The molecule has 140 valence electrons. The smallest absolute Gasteiger partial charge is 0.119 e. The number of phenolic OH excluding ortho intramolecular Hbond substituents is 1. The first-order chi connectivity index (χ1) is 12.6. The Morgan fingerprint density at radius 2 is 1.81 bits per heavy atom. The Bertz CT molecular complexity index is 713. The molecular formula is C22H29NO3. The molecule has 2 atom stereocenters. The maximum absolute atomic E-state index is 9.96. The Hall–Kier alpha value is -2.04. The zero-order chi connectivity index (χ0) is 18.6. The number of rotatable bonds is 7. The van der Waals surface area contributed by atoms with E-state index < -0.39 is 0 Å². The molecule has 4 heteroatoms. The summed E-state index contributed by atoms with van der Waals surface area (Å²) in [5, 5.41) is 9.96. The Labute approximate surface area is 155 Å². The van der Waals surface area contributed by atoms with Crippen LogP contribution < -0.4 is 10.5 Å². The molecule has 0 amide bonds. The fraction of sp³-hybridized carbons (Fsp3) is 0.455. The summed E-state index contributed by atoms with van der Waals surface area (Å²) in [7, 11) is 0. The van der Waals surface area contributed by atoms with Crippen molar-refractivity contribution in [2.45, 2.75) is 50.7 Å². The van der Waals surface area contributed by atoms with Gasteiger partial charge in [0.25, 0.3) is 0 Å². The molecule has 0 heterocycles. The normalized spacial score (nSPS) is 21.2. The van der Waals surface area contributed by atoms with E-state index in [1.807, 2.05) is 42.5 Å². The van der Waals surface area contributed by atoms with Gasteiger partial charge in [0.2, 0.25) is 0 Å². The second-order valence-electron chi connectivity index (χ2n) is 7.01. The van der Waals surface area contributed by atoms with Gasteiger partial charge in [-0.25, -0.2) is 0 Å². The van der Waals surface area contributed by atoms with Crippen molar-refractivity contribution in [3.05, 3.63) is 59.7 Å². The van der Waals surface area contributed by atoms with E-state index in [1.165, 1.54) is 11.1 Å². The molecule has 1 aliphatic rings. The van der Waals surface area contributed by atoms with Crippen molar-refractivity contribution in [2.75, 3.05) is 13.2 Å². The molecule has 0 aliphatic heterocycles. The molecule has 4 nitrogen and oxygen atoms in total. The molecule has 0 bridgehead atoms. The van der Waals surface area contributed by atoms with Gasteiger partial charge in [0.05, 0.1) is 12.7 Å². The van der Waals surface area contributed by atoms with Crippen molar-refractivity contribution < 1.29 is 14.6 Å². The van der Waals surface area contributed by atoms with Gasteiger partial charge in [0.15, 0.2) is 0 Å². The summed E-state index contributed by atoms with van der Waals surface area (Å²) in [6.45, 7) is 5.33. The van der Waals surface area contributed by atoms with E-state index >= 15 is 0 Å². The average molecular weight is 355 g/mol. The quantitative estimate of drug-likeness (QED) is 0.742. The second-order valence-corrected chi connectivity index (χ2v) is 7.01. The fourth-order valence-electron chi connectivity index (χ4n) is 4.23. The third-order valence-electron chi connectivity index (χ3n) is 5.78. The Morgan fingerprint density at radius 3 is 2.50 bits per heavy atom. The molecular weight excluding hydrogens is 326 g/mol. The molecule has 0 spiro atoms. The summed E-state index contributed by atoms with van der Waals surface area (Å²) in [5.74, 6) is 1.15. The van der Waals surface area contributed by atoms with Crippen LogP contribution in [0.4, 0.5) is 0 Å². The number of aromatic hydroxyl groups is 1. The zero-order valence-corrected chi connectivity index (χ0v) is 15.7. The van der Waals surface area contributed by atoms with E-state index in [-0.39, 0.29) is 17.6 Å². The SMILES string of the molecule is CCC1(CC)c2cc(O)ccc2C[C@@H](OCCOc2ccccc2)[C@@H]1N. The molecule has 2 aromatic carbocycles. The lowest BCUT2D eigenvalue weighted by molar-refractivity contribution is -0.00710. The maximum atomic E-state index is 9.96. The van der Waals surface area contributed by atoms with Crippen LogP contribution in [-0.2, 0) is 16.6 Å².